The molecule has 1 saturated heterocycles. The number of ether oxygens (including phenoxy) is 2. The maximum Gasteiger partial charge on any atom is 0.318 e. The highest BCUT2D eigenvalue weighted by Crippen LogP contribution is 2.27. The molecule has 0 saturated carbocycles. The average Bonchev–Trinajstić information content (AvgIpc) is 3.26. The first-order valence-corrected chi connectivity index (χ1v) is 10.3. The number of nitrogens with zero attached hydrogens (tertiary/aromatic N) is 5. The molecule has 30 heavy (non-hydrogen) atoms. The molecule has 0 aliphatic carbocycles. The second kappa shape index (κ2) is 10.9. The quantitative estimate of drug-likeness (QED) is 0.414. The molecule has 1 aromatic heterocycles. The lowest BCUT2D eigenvalue weighted by molar-refractivity contribution is -0.107. The number of aromatic nitrogens is 2. The lowest BCUT2D eigenvalue weighted by atomic mass is 10.1. The molecule has 8 nitrogen and oxygen atoms in total. The van der Waals surface area contributed by atoms with E-state index in [2.05, 4.69) is 39.1 Å². The van der Waals surface area contributed by atoms with E-state index in [9.17, 15) is 4.79 Å². The van der Waals surface area contributed by atoms with Gasteiger partial charge in [-0.3, -0.25) is 14.6 Å². The van der Waals surface area contributed by atoms with Gasteiger partial charge in [0, 0.05) is 27.7 Å². The number of methoxy groups -OCH3 is 1. The van der Waals surface area contributed by atoms with Gasteiger partial charge in [-0.2, -0.15) is 4.98 Å². The van der Waals surface area contributed by atoms with Crippen molar-refractivity contribution in [2.45, 2.75) is 25.9 Å². The average molecular weight is 414 g/mol. The summed E-state index contributed by atoms with van der Waals surface area (Å²) in [4.78, 5) is 26.6. The van der Waals surface area contributed by atoms with Crippen LogP contribution in [0.25, 0.3) is 0 Å². The number of carbonyl (C=O) groups is 1. The van der Waals surface area contributed by atoms with E-state index in [0.717, 1.165) is 24.2 Å². The first kappa shape index (κ1) is 22.0. The van der Waals surface area contributed by atoms with Crippen LogP contribution in [0.1, 0.15) is 24.0 Å². The van der Waals surface area contributed by atoms with Crippen molar-refractivity contribution in [3.8, 4) is 6.01 Å². The first-order valence-electron chi connectivity index (χ1n) is 10.3. The molecule has 8 heteroatoms. The smallest absolute Gasteiger partial charge is 0.318 e. The van der Waals surface area contributed by atoms with E-state index in [1.807, 2.05) is 19.0 Å². The van der Waals surface area contributed by atoms with Crippen LogP contribution in [0, 0.1) is 0 Å². The highest BCUT2D eigenvalue weighted by atomic mass is 16.5. The zero-order chi connectivity index (χ0) is 21.3. The SMILES string of the molecule is COCCOc1ncc(N(C)C)c(N(C=O)Cc2ccc(CN3CCCC3)cc2)n1. The number of anilines is 2. The van der Waals surface area contributed by atoms with Gasteiger partial charge in [-0.25, -0.2) is 4.98 Å². The fourth-order valence-corrected chi connectivity index (χ4v) is 3.47. The molecule has 1 amide bonds. The molecule has 0 spiro atoms. The molecule has 1 aromatic carbocycles. The van der Waals surface area contributed by atoms with Crippen molar-refractivity contribution < 1.29 is 14.3 Å². The van der Waals surface area contributed by atoms with Gasteiger partial charge in [0.15, 0.2) is 5.82 Å². The molecule has 1 aliphatic rings. The molecule has 0 atom stereocenters. The number of likely N-dealkylation sites (tertiary alicyclic amines) is 1. The lowest BCUT2D eigenvalue weighted by Gasteiger charge is -2.23. The Balaban J connectivity index is 1.73. The molecule has 0 radical (unpaired) electrons. The number of benzene rings is 1. The van der Waals surface area contributed by atoms with Gasteiger partial charge in [0.05, 0.1) is 25.0 Å². The van der Waals surface area contributed by atoms with Gasteiger partial charge in [-0.1, -0.05) is 24.3 Å². The van der Waals surface area contributed by atoms with E-state index in [-0.39, 0.29) is 6.01 Å². The highest BCUT2D eigenvalue weighted by molar-refractivity contribution is 5.80. The van der Waals surface area contributed by atoms with Crippen LogP contribution in [-0.4, -0.2) is 68.8 Å². The van der Waals surface area contributed by atoms with Crippen molar-refractivity contribution in [2.24, 2.45) is 0 Å². The van der Waals surface area contributed by atoms with E-state index < -0.39 is 0 Å². The van der Waals surface area contributed by atoms with Gasteiger partial charge in [0.2, 0.25) is 6.41 Å². The van der Waals surface area contributed by atoms with Crippen molar-refractivity contribution in [3.63, 3.8) is 0 Å². The van der Waals surface area contributed by atoms with Crippen LogP contribution in [-0.2, 0) is 22.6 Å². The zero-order valence-corrected chi connectivity index (χ0v) is 18.1. The minimum absolute atomic E-state index is 0.223. The number of amides is 1. The van der Waals surface area contributed by atoms with Crippen molar-refractivity contribution >= 4 is 17.9 Å². The molecule has 0 unspecified atom stereocenters. The van der Waals surface area contributed by atoms with Crippen molar-refractivity contribution in [3.05, 3.63) is 41.6 Å². The standard InChI is InChI=1S/C22H31N5O3/c1-25(2)20-14-23-22(30-13-12-29-3)24-21(20)27(17-28)16-19-8-6-18(7-9-19)15-26-10-4-5-11-26/h6-9,14,17H,4-5,10-13,15-16H2,1-3H3. The fraction of sp³-hybridized carbons (Fsp3) is 0.500. The molecular weight excluding hydrogens is 382 g/mol. The third-order valence-electron chi connectivity index (χ3n) is 5.11. The largest absolute Gasteiger partial charge is 0.461 e. The molecule has 0 N–H and O–H groups in total. The number of hydrogen-bond acceptors (Lipinski definition) is 7. The summed E-state index contributed by atoms with van der Waals surface area (Å²) in [6.45, 7) is 4.54. The van der Waals surface area contributed by atoms with Gasteiger partial charge in [0.25, 0.3) is 0 Å². The van der Waals surface area contributed by atoms with Crippen LogP contribution in [0.4, 0.5) is 11.5 Å². The summed E-state index contributed by atoms with van der Waals surface area (Å²) in [7, 11) is 5.39. The zero-order valence-electron chi connectivity index (χ0n) is 18.1. The monoisotopic (exact) mass is 413 g/mol. The summed E-state index contributed by atoms with van der Waals surface area (Å²) in [6, 6.07) is 8.66. The topological polar surface area (TPSA) is 71.0 Å². The molecule has 2 heterocycles. The van der Waals surface area contributed by atoms with Crippen LogP contribution in [0.5, 0.6) is 6.01 Å². The number of rotatable bonds is 11. The third-order valence-corrected chi connectivity index (χ3v) is 5.11. The molecule has 0 bridgehead atoms. The number of hydrogen-bond donors (Lipinski definition) is 0. The molecular formula is C22H31N5O3. The predicted octanol–water partition coefficient (Wildman–Crippen LogP) is 2.33. The minimum atomic E-state index is 0.223. The molecule has 2 aromatic rings. The van der Waals surface area contributed by atoms with E-state index >= 15 is 0 Å². The van der Waals surface area contributed by atoms with Crippen LogP contribution in [0.3, 0.4) is 0 Å². The summed E-state index contributed by atoms with van der Waals surface area (Å²) in [5.74, 6) is 0.513. The van der Waals surface area contributed by atoms with E-state index in [0.29, 0.717) is 25.6 Å². The normalized spacial score (nSPS) is 14.0. The second-order valence-electron chi connectivity index (χ2n) is 7.63. The molecule has 3 rings (SSSR count). The number of carbonyl (C=O) groups excluding carboxylic acids is 1. The summed E-state index contributed by atoms with van der Waals surface area (Å²) in [6.07, 6.45) is 5.04. The van der Waals surface area contributed by atoms with Crippen LogP contribution in [0.15, 0.2) is 30.5 Å². The van der Waals surface area contributed by atoms with Gasteiger partial charge < -0.3 is 14.4 Å². The van der Waals surface area contributed by atoms with Gasteiger partial charge in [0.1, 0.15) is 6.61 Å². The van der Waals surface area contributed by atoms with Gasteiger partial charge in [-0.15, -0.1) is 0 Å². The Labute approximate surface area is 178 Å². The summed E-state index contributed by atoms with van der Waals surface area (Å²) in [5, 5.41) is 0. The Morgan fingerprint density at radius 1 is 1.10 bits per heavy atom. The molecule has 162 valence electrons. The van der Waals surface area contributed by atoms with E-state index in [4.69, 9.17) is 9.47 Å². The lowest BCUT2D eigenvalue weighted by Crippen LogP contribution is -2.25. The molecule has 1 aliphatic heterocycles. The highest BCUT2D eigenvalue weighted by Gasteiger charge is 2.18. The second-order valence-corrected chi connectivity index (χ2v) is 7.63. The fourth-order valence-electron chi connectivity index (χ4n) is 3.47. The van der Waals surface area contributed by atoms with Crippen LogP contribution in [0.2, 0.25) is 0 Å². The summed E-state index contributed by atoms with van der Waals surface area (Å²) < 4.78 is 10.5. The van der Waals surface area contributed by atoms with Crippen molar-refractivity contribution in [2.75, 3.05) is 57.3 Å². The maximum atomic E-state index is 11.9. The Hall–Kier alpha value is -2.71. The van der Waals surface area contributed by atoms with E-state index in [1.54, 1.807) is 18.2 Å². The Morgan fingerprint density at radius 2 is 1.80 bits per heavy atom. The van der Waals surface area contributed by atoms with Crippen LogP contribution >= 0.6 is 0 Å². The predicted molar refractivity (Wildman–Crippen MR) is 117 cm³/mol. The minimum Gasteiger partial charge on any atom is -0.461 e. The summed E-state index contributed by atoms with van der Waals surface area (Å²) >= 11 is 0. The van der Waals surface area contributed by atoms with E-state index in [1.165, 1.54) is 31.5 Å². The third kappa shape index (κ3) is 5.90. The van der Waals surface area contributed by atoms with Crippen molar-refractivity contribution in [1.29, 1.82) is 0 Å². The Kier molecular flexibility index (Phi) is 7.98. The molecule has 1 fully saturated rings. The summed E-state index contributed by atoms with van der Waals surface area (Å²) in [5.41, 5.74) is 3.08. The Morgan fingerprint density at radius 3 is 2.43 bits per heavy atom. The van der Waals surface area contributed by atoms with Gasteiger partial charge >= 0.3 is 6.01 Å². The van der Waals surface area contributed by atoms with Crippen LogP contribution < -0.4 is 14.5 Å². The Bertz CT molecular complexity index is 807. The first-order chi connectivity index (χ1) is 14.6. The van der Waals surface area contributed by atoms with Gasteiger partial charge in [-0.05, 0) is 37.1 Å². The van der Waals surface area contributed by atoms with Crippen molar-refractivity contribution in [1.82, 2.24) is 14.9 Å². The maximum absolute atomic E-state index is 11.9.